The molecule has 1 heterocycles. The first kappa shape index (κ1) is 24.0. The van der Waals surface area contributed by atoms with E-state index >= 15 is 0 Å². The van der Waals surface area contributed by atoms with Crippen molar-refractivity contribution in [2.24, 2.45) is 5.92 Å². The van der Waals surface area contributed by atoms with Gasteiger partial charge in [0.25, 0.3) is 5.91 Å². The summed E-state index contributed by atoms with van der Waals surface area (Å²) in [5, 5.41) is 12.4. The molecule has 0 saturated heterocycles. The number of aromatic hydroxyl groups is 1. The molecule has 0 aliphatic rings. The number of nitrogens with zero attached hydrogens (tertiary/aromatic N) is 1. The number of amides is 1. The van der Waals surface area contributed by atoms with E-state index < -0.39 is 47.3 Å². The quantitative estimate of drug-likeness (QED) is 0.614. The average Bonchev–Trinajstić information content (AvgIpc) is 2.69. The van der Waals surface area contributed by atoms with E-state index in [1.165, 1.54) is 32.4 Å². The lowest BCUT2D eigenvalue weighted by Gasteiger charge is -2.29. The Labute approximate surface area is 179 Å². The van der Waals surface area contributed by atoms with Crippen molar-refractivity contribution in [3.63, 3.8) is 0 Å². The van der Waals surface area contributed by atoms with E-state index in [9.17, 15) is 23.5 Å². The average molecular weight is 436 g/mol. The number of nitrogens with one attached hydrogen (secondary N) is 1. The van der Waals surface area contributed by atoms with Crippen LogP contribution in [0.1, 0.15) is 49.7 Å². The fraction of sp³-hybridized carbons (Fsp3) is 0.409. The van der Waals surface area contributed by atoms with Gasteiger partial charge in [0.2, 0.25) is 0 Å². The summed E-state index contributed by atoms with van der Waals surface area (Å²) in [6.07, 6.45) is 0.526. The molecule has 1 aromatic carbocycles. The Kier molecular flexibility index (Phi) is 7.90. The number of carbonyl (C=O) groups excluding carboxylic acids is 2. The Morgan fingerprint density at radius 2 is 1.81 bits per heavy atom. The number of carbonyl (C=O) groups is 2. The molecule has 0 radical (unpaired) electrons. The zero-order valence-electron chi connectivity index (χ0n) is 18.0. The maximum atomic E-state index is 14.3. The lowest BCUT2D eigenvalue weighted by Crippen LogP contribution is -2.42. The molecule has 168 valence electrons. The molecule has 0 fully saturated rings. The van der Waals surface area contributed by atoms with Gasteiger partial charge >= 0.3 is 5.97 Å². The van der Waals surface area contributed by atoms with E-state index in [1.807, 2.05) is 13.8 Å². The molecule has 2 unspecified atom stereocenters. The Hall–Kier alpha value is -3.23. The first-order valence-corrected chi connectivity index (χ1v) is 9.75. The van der Waals surface area contributed by atoms with Crippen LogP contribution in [0.3, 0.4) is 0 Å². The van der Waals surface area contributed by atoms with Crippen LogP contribution in [0.2, 0.25) is 0 Å². The highest BCUT2D eigenvalue weighted by Crippen LogP contribution is 2.32. The Bertz CT molecular complexity index is 951. The van der Waals surface area contributed by atoms with Gasteiger partial charge in [0, 0.05) is 24.2 Å². The van der Waals surface area contributed by atoms with Crippen molar-refractivity contribution >= 4 is 11.9 Å². The van der Waals surface area contributed by atoms with Gasteiger partial charge in [-0.1, -0.05) is 19.9 Å². The van der Waals surface area contributed by atoms with Gasteiger partial charge in [0.05, 0.1) is 7.11 Å². The maximum Gasteiger partial charge on any atom is 0.328 e. The van der Waals surface area contributed by atoms with E-state index in [2.05, 4.69) is 10.3 Å². The number of pyridine rings is 1. The standard InChI is InChI=1S/C22H26F2N2O5/c1-11(2)18(15-7-6-14(23)10-16(15)24)13(4)31-22(29)12(3)26-21(28)19-20(27)17(30-5)8-9-25-19/h6-13,18,27H,1-5H3,(H,26,28)/t12-,13?,18?/m0/s1. The second-order valence-corrected chi connectivity index (χ2v) is 7.48. The highest BCUT2D eigenvalue weighted by Gasteiger charge is 2.30. The summed E-state index contributed by atoms with van der Waals surface area (Å²) >= 11 is 0. The highest BCUT2D eigenvalue weighted by molar-refractivity contribution is 5.97. The molecule has 31 heavy (non-hydrogen) atoms. The first-order valence-electron chi connectivity index (χ1n) is 9.75. The Morgan fingerprint density at radius 1 is 1.13 bits per heavy atom. The van der Waals surface area contributed by atoms with Gasteiger partial charge in [-0.3, -0.25) is 4.79 Å². The topological polar surface area (TPSA) is 97.8 Å². The van der Waals surface area contributed by atoms with Gasteiger partial charge in [-0.15, -0.1) is 0 Å². The first-order chi connectivity index (χ1) is 14.6. The molecule has 9 heteroatoms. The SMILES string of the molecule is COc1ccnc(C(=O)N[C@@H](C)C(=O)OC(C)C(c2ccc(F)cc2F)C(C)C)c1O. The lowest BCUT2D eigenvalue weighted by atomic mass is 9.84. The molecule has 1 aromatic heterocycles. The van der Waals surface area contributed by atoms with E-state index in [1.54, 1.807) is 6.92 Å². The van der Waals surface area contributed by atoms with Gasteiger partial charge in [-0.2, -0.15) is 0 Å². The third kappa shape index (κ3) is 5.68. The molecule has 0 saturated carbocycles. The fourth-order valence-corrected chi connectivity index (χ4v) is 3.38. The normalized spacial score (nSPS) is 13.9. The van der Waals surface area contributed by atoms with Crippen LogP contribution >= 0.6 is 0 Å². The summed E-state index contributed by atoms with van der Waals surface area (Å²) < 4.78 is 38.0. The summed E-state index contributed by atoms with van der Waals surface area (Å²) in [5.74, 6) is -4.01. The number of aromatic nitrogens is 1. The van der Waals surface area contributed by atoms with Crippen molar-refractivity contribution in [1.29, 1.82) is 0 Å². The van der Waals surface area contributed by atoms with E-state index in [-0.39, 0.29) is 22.9 Å². The molecule has 2 N–H and O–H groups in total. The van der Waals surface area contributed by atoms with Crippen molar-refractivity contribution in [3.8, 4) is 11.5 Å². The van der Waals surface area contributed by atoms with Crippen LogP contribution in [0.25, 0.3) is 0 Å². The van der Waals surface area contributed by atoms with Crippen molar-refractivity contribution in [2.45, 2.75) is 45.8 Å². The highest BCUT2D eigenvalue weighted by atomic mass is 19.1. The Balaban J connectivity index is 2.11. The molecular weight excluding hydrogens is 410 g/mol. The van der Waals surface area contributed by atoms with E-state index in [0.717, 1.165) is 12.1 Å². The minimum atomic E-state index is -1.08. The molecule has 0 aliphatic heterocycles. The van der Waals surface area contributed by atoms with Crippen molar-refractivity contribution in [2.75, 3.05) is 7.11 Å². The number of rotatable bonds is 8. The van der Waals surface area contributed by atoms with Crippen LogP contribution in [-0.4, -0.2) is 41.2 Å². The lowest BCUT2D eigenvalue weighted by molar-refractivity contribution is -0.151. The minimum absolute atomic E-state index is 0.0603. The number of hydrogen-bond donors (Lipinski definition) is 2. The molecule has 3 atom stereocenters. The summed E-state index contributed by atoms with van der Waals surface area (Å²) in [5.41, 5.74) is -0.0700. The summed E-state index contributed by atoms with van der Waals surface area (Å²) in [6.45, 7) is 6.68. The maximum absolute atomic E-state index is 14.3. The van der Waals surface area contributed by atoms with Crippen molar-refractivity contribution in [1.82, 2.24) is 10.3 Å². The fourth-order valence-electron chi connectivity index (χ4n) is 3.38. The number of ether oxygens (including phenoxy) is 2. The third-order valence-corrected chi connectivity index (χ3v) is 4.87. The minimum Gasteiger partial charge on any atom is -0.503 e. The van der Waals surface area contributed by atoms with E-state index in [4.69, 9.17) is 9.47 Å². The van der Waals surface area contributed by atoms with Gasteiger partial charge in [0.15, 0.2) is 17.2 Å². The molecule has 2 rings (SSSR count). The molecular formula is C22H26F2N2O5. The summed E-state index contributed by atoms with van der Waals surface area (Å²) in [7, 11) is 1.33. The number of esters is 1. The number of methoxy groups -OCH3 is 1. The van der Waals surface area contributed by atoms with Crippen LogP contribution in [0.5, 0.6) is 11.5 Å². The van der Waals surface area contributed by atoms with Crippen LogP contribution < -0.4 is 10.1 Å². The number of halogens is 2. The van der Waals surface area contributed by atoms with Crippen LogP contribution in [0, 0.1) is 17.6 Å². The number of benzene rings is 1. The molecule has 1 amide bonds. The molecule has 0 spiro atoms. The van der Waals surface area contributed by atoms with Gasteiger partial charge in [0.1, 0.15) is 23.8 Å². The largest absolute Gasteiger partial charge is 0.503 e. The molecule has 7 nitrogen and oxygen atoms in total. The second kappa shape index (κ2) is 10.2. The molecule has 2 aromatic rings. The predicted octanol–water partition coefficient (Wildman–Crippen LogP) is 3.56. The smallest absolute Gasteiger partial charge is 0.328 e. The Morgan fingerprint density at radius 3 is 2.39 bits per heavy atom. The van der Waals surface area contributed by atoms with Gasteiger partial charge in [-0.25, -0.2) is 18.6 Å². The third-order valence-electron chi connectivity index (χ3n) is 4.87. The molecule has 0 bridgehead atoms. The van der Waals surface area contributed by atoms with Gasteiger partial charge < -0.3 is 19.9 Å². The van der Waals surface area contributed by atoms with Crippen molar-refractivity contribution in [3.05, 3.63) is 53.4 Å². The van der Waals surface area contributed by atoms with Gasteiger partial charge in [-0.05, 0) is 31.4 Å². The predicted molar refractivity (Wildman–Crippen MR) is 109 cm³/mol. The second-order valence-electron chi connectivity index (χ2n) is 7.48. The van der Waals surface area contributed by atoms with Crippen LogP contribution in [-0.2, 0) is 9.53 Å². The monoisotopic (exact) mass is 436 g/mol. The summed E-state index contributed by atoms with van der Waals surface area (Å²) in [6, 6.07) is 3.58. The molecule has 0 aliphatic carbocycles. The van der Waals surface area contributed by atoms with Crippen LogP contribution in [0.4, 0.5) is 8.78 Å². The summed E-state index contributed by atoms with van der Waals surface area (Å²) in [4.78, 5) is 28.7. The van der Waals surface area contributed by atoms with Crippen molar-refractivity contribution < 1.29 is 33.0 Å². The number of hydrogen-bond acceptors (Lipinski definition) is 6. The van der Waals surface area contributed by atoms with E-state index in [0.29, 0.717) is 0 Å². The van der Waals surface area contributed by atoms with Crippen LogP contribution in [0.15, 0.2) is 30.5 Å². The zero-order chi connectivity index (χ0) is 23.3. The zero-order valence-corrected chi connectivity index (χ0v) is 18.0.